The summed E-state index contributed by atoms with van der Waals surface area (Å²) in [5.74, 6) is 1.67. The lowest BCUT2D eigenvalue weighted by molar-refractivity contribution is 0.125. The van der Waals surface area contributed by atoms with E-state index in [4.69, 9.17) is 4.74 Å². The van der Waals surface area contributed by atoms with E-state index in [0.717, 1.165) is 24.9 Å². The van der Waals surface area contributed by atoms with Gasteiger partial charge < -0.3 is 4.74 Å². The molecule has 1 aromatic carbocycles. The fourth-order valence-electron chi connectivity index (χ4n) is 3.43. The molecule has 0 amide bonds. The molecule has 0 unspecified atom stereocenters. The van der Waals surface area contributed by atoms with Crippen molar-refractivity contribution in [3.8, 4) is 0 Å². The summed E-state index contributed by atoms with van der Waals surface area (Å²) in [7, 11) is 0. The van der Waals surface area contributed by atoms with E-state index in [1.807, 2.05) is 6.08 Å². The minimum absolute atomic E-state index is 0.713. The summed E-state index contributed by atoms with van der Waals surface area (Å²) < 4.78 is 5.63. The van der Waals surface area contributed by atoms with Crippen LogP contribution < -0.4 is 0 Å². The monoisotopic (exact) mass is 312 g/mol. The SMILES string of the molecule is C=CCCOCc1ccc(C2CCC(CC=CCC)CC2)cc1. The van der Waals surface area contributed by atoms with Crippen LogP contribution in [0.25, 0.3) is 0 Å². The first-order valence-electron chi connectivity index (χ1n) is 9.26. The second-order valence-corrected chi connectivity index (χ2v) is 6.70. The van der Waals surface area contributed by atoms with Crippen molar-refractivity contribution in [3.05, 3.63) is 60.2 Å². The van der Waals surface area contributed by atoms with Crippen LogP contribution in [-0.2, 0) is 11.3 Å². The zero-order chi connectivity index (χ0) is 16.3. The Balaban J connectivity index is 1.75. The van der Waals surface area contributed by atoms with Gasteiger partial charge in [-0.15, -0.1) is 6.58 Å². The number of hydrogen-bond donors (Lipinski definition) is 0. The van der Waals surface area contributed by atoms with Crippen LogP contribution >= 0.6 is 0 Å². The van der Waals surface area contributed by atoms with Gasteiger partial charge in [-0.3, -0.25) is 0 Å². The highest BCUT2D eigenvalue weighted by molar-refractivity contribution is 5.25. The summed E-state index contributed by atoms with van der Waals surface area (Å²) in [6.45, 7) is 7.40. The topological polar surface area (TPSA) is 9.23 Å². The number of rotatable bonds is 9. The highest BCUT2D eigenvalue weighted by Gasteiger charge is 2.21. The highest BCUT2D eigenvalue weighted by Crippen LogP contribution is 2.37. The molecule has 23 heavy (non-hydrogen) atoms. The van der Waals surface area contributed by atoms with Crippen molar-refractivity contribution in [2.75, 3.05) is 6.61 Å². The Bertz CT molecular complexity index is 463. The van der Waals surface area contributed by atoms with Gasteiger partial charge in [0.2, 0.25) is 0 Å². The molecular formula is C22H32O. The molecule has 0 bridgehead atoms. The van der Waals surface area contributed by atoms with Crippen LogP contribution in [0, 0.1) is 5.92 Å². The van der Waals surface area contributed by atoms with Crippen LogP contribution in [0.3, 0.4) is 0 Å². The molecule has 0 saturated heterocycles. The quantitative estimate of drug-likeness (QED) is 0.378. The van der Waals surface area contributed by atoms with E-state index in [1.54, 1.807) is 0 Å². The lowest BCUT2D eigenvalue weighted by atomic mass is 9.77. The molecule has 0 radical (unpaired) electrons. The minimum atomic E-state index is 0.713. The Hall–Kier alpha value is -1.34. The first kappa shape index (κ1) is 18.0. The van der Waals surface area contributed by atoms with E-state index in [1.165, 1.54) is 49.7 Å². The molecule has 0 aromatic heterocycles. The van der Waals surface area contributed by atoms with Gasteiger partial charge in [-0.25, -0.2) is 0 Å². The van der Waals surface area contributed by atoms with Crippen LogP contribution in [0.5, 0.6) is 0 Å². The van der Waals surface area contributed by atoms with E-state index in [0.29, 0.717) is 6.61 Å². The fourth-order valence-corrected chi connectivity index (χ4v) is 3.43. The van der Waals surface area contributed by atoms with Crippen molar-refractivity contribution in [2.24, 2.45) is 5.92 Å². The van der Waals surface area contributed by atoms with Gasteiger partial charge in [0.1, 0.15) is 0 Å². The Labute approximate surface area is 142 Å². The van der Waals surface area contributed by atoms with Crippen molar-refractivity contribution in [3.63, 3.8) is 0 Å². The maximum Gasteiger partial charge on any atom is 0.0717 e. The van der Waals surface area contributed by atoms with Gasteiger partial charge in [-0.2, -0.15) is 0 Å². The third-order valence-electron chi connectivity index (χ3n) is 4.90. The average molecular weight is 312 g/mol. The summed E-state index contributed by atoms with van der Waals surface area (Å²) in [6, 6.07) is 9.10. The standard InChI is InChI=1S/C22H32O/c1-3-5-7-8-19-9-13-21(14-10-19)22-15-11-20(12-16-22)18-23-17-6-4-2/h4-5,7,11-12,15-16,19,21H,2-3,6,8-10,13-14,17-18H2,1H3. The summed E-state index contributed by atoms with van der Waals surface area (Å²) >= 11 is 0. The van der Waals surface area contributed by atoms with Gasteiger partial charge in [0.15, 0.2) is 0 Å². The molecule has 0 aliphatic heterocycles. The Kier molecular flexibility index (Phi) is 8.17. The molecule has 0 heterocycles. The molecular weight excluding hydrogens is 280 g/mol. The number of ether oxygens (including phenoxy) is 1. The number of allylic oxidation sites excluding steroid dienone is 2. The van der Waals surface area contributed by atoms with E-state index in [-0.39, 0.29) is 0 Å². The molecule has 1 aliphatic rings. The van der Waals surface area contributed by atoms with Gasteiger partial charge in [-0.1, -0.05) is 49.4 Å². The van der Waals surface area contributed by atoms with E-state index >= 15 is 0 Å². The molecule has 1 aromatic rings. The van der Waals surface area contributed by atoms with Crippen molar-refractivity contribution < 1.29 is 4.74 Å². The second kappa shape index (κ2) is 10.4. The smallest absolute Gasteiger partial charge is 0.0717 e. The molecule has 126 valence electrons. The largest absolute Gasteiger partial charge is 0.376 e. The summed E-state index contributed by atoms with van der Waals surface area (Å²) in [6.07, 6.45) is 15.4. The second-order valence-electron chi connectivity index (χ2n) is 6.70. The van der Waals surface area contributed by atoms with Crippen molar-refractivity contribution >= 4 is 0 Å². The Morgan fingerprint density at radius 3 is 2.48 bits per heavy atom. The predicted octanol–water partition coefficient (Wildman–Crippen LogP) is 6.41. The van der Waals surface area contributed by atoms with Gasteiger partial charge in [-0.05, 0) is 67.9 Å². The first-order chi connectivity index (χ1) is 11.3. The predicted molar refractivity (Wildman–Crippen MR) is 99.7 cm³/mol. The molecule has 1 nitrogen and oxygen atoms in total. The van der Waals surface area contributed by atoms with Crippen LogP contribution in [0.2, 0.25) is 0 Å². The molecule has 0 atom stereocenters. The van der Waals surface area contributed by atoms with Gasteiger partial charge in [0.25, 0.3) is 0 Å². The zero-order valence-electron chi connectivity index (χ0n) is 14.7. The summed E-state index contributed by atoms with van der Waals surface area (Å²) in [5, 5.41) is 0. The maximum absolute atomic E-state index is 5.63. The van der Waals surface area contributed by atoms with Gasteiger partial charge in [0.05, 0.1) is 13.2 Å². The third kappa shape index (κ3) is 6.35. The fraction of sp³-hybridized carbons (Fsp3) is 0.545. The van der Waals surface area contributed by atoms with E-state index < -0.39 is 0 Å². The molecule has 1 saturated carbocycles. The molecule has 0 N–H and O–H groups in total. The van der Waals surface area contributed by atoms with Crippen LogP contribution in [0.4, 0.5) is 0 Å². The maximum atomic E-state index is 5.63. The average Bonchev–Trinajstić information content (AvgIpc) is 2.60. The van der Waals surface area contributed by atoms with E-state index in [2.05, 4.69) is 49.9 Å². The number of hydrogen-bond acceptors (Lipinski definition) is 1. The number of benzene rings is 1. The first-order valence-corrected chi connectivity index (χ1v) is 9.26. The van der Waals surface area contributed by atoms with E-state index in [9.17, 15) is 0 Å². The normalized spacial score (nSPS) is 21.6. The van der Waals surface area contributed by atoms with Crippen LogP contribution in [0.15, 0.2) is 49.1 Å². The van der Waals surface area contributed by atoms with Crippen molar-refractivity contribution in [2.45, 2.75) is 64.4 Å². The lowest BCUT2D eigenvalue weighted by Crippen LogP contribution is -2.12. The Morgan fingerprint density at radius 1 is 1.09 bits per heavy atom. The summed E-state index contributed by atoms with van der Waals surface area (Å²) in [4.78, 5) is 0. The third-order valence-corrected chi connectivity index (χ3v) is 4.90. The zero-order valence-corrected chi connectivity index (χ0v) is 14.7. The summed E-state index contributed by atoms with van der Waals surface area (Å²) in [5.41, 5.74) is 2.79. The molecule has 1 aliphatic carbocycles. The molecule has 1 heteroatoms. The molecule has 0 spiro atoms. The minimum Gasteiger partial charge on any atom is -0.376 e. The lowest BCUT2D eigenvalue weighted by Gasteiger charge is -2.28. The molecule has 1 fully saturated rings. The van der Waals surface area contributed by atoms with Gasteiger partial charge in [0, 0.05) is 0 Å². The van der Waals surface area contributed by atoms with Crippen molar-refractivity contribution in [1.82, 2.24) is 0 Å². The van der Waals surface area contributed by atoms with Crippen LogP contribution in [0.1, 0.15) is 68.9 Å². The molecule has 2 rings (SSSR count). The van der Waals surface area contributed by atoms with Gasteiger partial charge >= 0.3 is 0 Å². The Morgan fingerprint density at radius 2 is 1.83 bits per heavy atom. The highest BCUT2D eigenvalue weighted by atomic mass is 16.5. The van der Waals surface area contributed by atoms with Crippen LogP contribution in [-0.4, -0.2) is 6.61 Å². The van der Waals surface area contributed by atoms with Crippen molar-refractivity contribution in [1.29, 1.82) is 0 Å².